The summed E-state index contributed by atoms with van der Waals surface area (Å²) in [7, 11) is 0. The molecular formula is C15H19N3OS2. The van der Waals surface area contributed by atoms with Crippen molar-refractivity contribution < 1.29 is 4.79 Å². The van der Waals surface area contributed by atoms with Gasteiger partial charge in [-0.05, 0) is 49.3 Å². The number of aryl methyl sites for hydroxylation is 2. The molecule has 0 saturated heterocycles. The number of nitrogens with one attached hydrogen (secondary N) is 1. The van der Waals surface area contributed by atoms with Crippen LogP contribution in [0.15, 0.2) is 6.07 Å². The lowest BCUT2D eigenvalue weighted by atomic mass is 10.1. The van der Waals surface area contributed by atoms with Gasteiger partial charge in [-0.3, -0.25) is 4.79 Å². The van der Waals surface area contributed by atoms with E-state index in [-0.39, 0.29) is 5.91 Å². The van der Waals surface area contributed by atoms with Crippen molar-refractivity contribution in [1.82, 2.24) is 10.3 Å². The van der Waals surface area contributed by atoms with Crippen LogP contribution in [-0.2, 0) is 12.8 Å². The Balaban J connectivity index is 1.83. The normalized spacial score (nSPS) is 13.6. The number of rotatable bonds is 5. The maximum Gasteiger partial charge on any atom is 0.263 e. The SMILES string of the molecule is CSCCCNC(=O)c1sc2nc3c(cc2c1N)CCC3. The minimum absolute atomic E-state index is 0.0724. The van der Waals surface area contributed by atoms with Gasteiger partial charge in [0.15, 0.2) is 0 Å². The van der Waals surface area contributed by atoms with E-state index in [2.05, 4.69) is 22.6 Å². The van der Waals surface area contributed by atoms with Gasteiger partial charge in [-0.2, -0.15) is 11.8 Å². The minimum Gasteiger partial charge on any atom is -0.397 e. The summed E-state index contributed by atoms with van der Waals surface area (Å²) in [5.41, 5.74) is 9.22. The number of anilines is 1. The lowest BCUT2D eigenvalue weighted by Gasteiger charge is -2.03. The van der Waals surface area contributed by atoms with Crippen LogP contribution in [0.1, 0.15) is 33.8 Å². The zero-order chi connectivity index (χ0) is 14.8. The Morgan fingerprint density at radius 1 is 1.52 bits per heavy atom. The lowest BCUT2D eigenvalue weighted by molar-refractivity contribution is 0.0958. The number of hydrogen-bond acceptors (Lipinski definition) is 5. The Bertz CT molecular complexity index is 681. The van der Waals surface area contributed by atoms with Gasteiger partial charge in [0, 0.05) is 17.6 Å². The largest absolute Gasteiger partial charge is 0.397 e. The van der Waals surface area contributed by atoms with Crippen LogP contribution in [0.2, 0.25) is 0 Å². The second-order valence-corrected chi connectivity index (χ2v) is 7.23. The highest BCUT2D eigenvalue weighted by atomic mass is 32.2. The smallest absolute Gasteiger partial charge is 0.263 e. The molecule has 0 atom stereocenters. The maximum atomic E-state index is 12.2. The molecule has 1 aliphatic carbocycles. The van der Waals surface area contributed by atoms with Crippen molar-refractivity contribution in [2.24, 2.45) is 0 Å². The summed E-state index contributed by atoms with van der Waals surface area (Å²) in [5, 5.41) is 3.88. The molecule has 1 aliphatic rings. The Morgan fingerprint density at radius 2 is 2.38 bits per heavy atom. The molecule has 3 rings (SSSR count). The molecule has 2 heterocycles. The van der Waals surface area contributed by atoms with Crippen LogP contribution in [0.4, 0.5) is 5.69 Å². The van der Waals surface area contributed by atoms with E-state index in [9.17, 15) is 4.79 Å². The average Bonchev–Trinajstić information content (AvgIpc) is 3.06. The molecule has 2 aromatic heterocycles. The molecule has 112 valence electrons. The fraction of sp³-hybridized carbons (Fsp3) is 0.467. The monoisotopic (exact) mass is 321 g/mol. The number of thioether (sulfide) groups is 1. The highest BCUT2D eigenvalue weighted by molar-refractivity contribution is 7.98. The van der Waals surface area contributed by atoms with Crippen molar-refractivity contribution in [2.45, 2.75) is 25.7 Å². The van der Waals surface area contributed by atoms with Crippen molar-refractivity contribution in [3.8, 4) is 0 Å². The molecule has 0 radical (unpaired) electrons. The number of hydrogen-bond donors (Lipinski definition) is 2. The number of nitrogen functional groups attached to an aromatic ring is 1. The second kappa shape index (κ2) is 6.23. The second-order valence-electron chi connectivity index (χ2n) is 5.25. The molecule has 0 spiro atoms. The minimum atomic E-state index is -0.0724. The molecule has 0 fully saturated rings. The van der Waals surface area contributed by atoms with Gasteiger partial charge in [-0.25, -0.2) is 4.98 Å². The first-order chi connectivity index (χ1) is 10.2. The van der Waals surface area contributed by atoms with E-state index in [1.165, 1.54) is 29.0 Å². The van der Waals surface area contributed by atoms with Gasteiger partial charge in [0.25, 0.3) is 5.91 Å². The molecule has 21 heavy (non-hydrogen) atoms. The number of fused-ring (bicyclic) bond motifs is 2. The summed E-state index contributed by atoms with van der Waals surface area (Å²) < 4.78 is 0. The number of carbonyl (C=O) groups excluding carboxylic acids is 1. The Hall–Kier alpha value is -1.27. The topological polar surface area (TPSA) is 68.0 Å². The van der Waals surface area contributed by atoms with Crippen molar-refractivity contribution in [3.63, 3.8) is 0 Å². The fourth-order valence-corrected chi connectivity index (χ4v) is 4.11. The number of carbonyl (C=O) groups is 1. The van der Waals surface area contributed by atoms with Gasteiger partial charge in [0.2, 0.25) is 0 Å². The Kier molecular flexibility index (Phi) is 4.35. The van der Waals surface area contributed by atoms with Crippen LogP contribution in [0.25, 0.3) is 10.2 Å². The maximum absolute atomic E-state index is 12.2. The zero-order valence-electron chi connectivity index (χ0n) is 12.1. The van der Waals surface area contributed by atoms with Crippen LogP contribution in [0, 0.1) is 0 Å². The van der Waals surface area contributed by atoms with E-state index in [1.54, 1.807) is 11.8 Å². The van der Waals surface area contributed by atoms with Gasteiger partial charge in [-0.15, -0.1) is 11.3 Å². The summed E-state index contributed by atoms with van der Waals surface area (Å²) >= 11 is 3.19. The Labute approximate surface area is 132 Å². The fourth-order valence-electron chi connectivity index (χ4n) is 2.67. The van der Waals surface area contributed by atoms with Crippen molar-refractivity contribution in [3.05, 3.63) is 22.2 Å². The van der Waals surface area contributed by atoms with Crippen LogP contribution >= 0.6 is 23.1 Å². The van der Waals surface area contributed by atoms with E-state index in [1.807, 2.05) is 0 Å². The third-order valence-corrected chi connectivity index (χ3v) is 5.58. The number of pyridine rings is 1. The molecule has 6 heteroatoms. The highest BCUT2D eigenvalue weighted by Gasteiger charge is 2.20. The number of thiophene rings is 1. The van der Waals surface area contributed by atoms with E-state index < -0.39 is 0 Å². The molecule has 0 aliphatic heterocycles. The van der Waals surface area contributed by atoms with Crippen molar-refractivity contribution >= 4 is 44.9 Å². The molecule has 4 nitrogen and oxygen atoms in total. The summed E-state index contributed by atoms with van der Waals surface area (Å²) in [6.07, 6.45) is 6.33. The first-order valence-corrected chi connectivity index (χ1v) is 9.39. The average molecular weight is 321 g/mol. The first-order valence-electron chi connectivity index (χ1n) is 7.18. The summed E-state index contributed by atoms with van der Waals surface area (Å²) in [6, 6.07) is 2.13. The number of nitrogens with two attached hydrogens (primary N) is 1. The van der Waals surface area contributed by atoms with Crippen molar-refractivity contribution in [1.29, 1.82) is 0 Å². The molecule has 1 amide bonds. The third-order valence-electron chi connectivity index (χ3n) is 3.77. The standard InChI is InChI=1S/C15H19N3OS2/c1-20-7-3-6-17-14(19)13-12(16)10-8-9-4-2-5-11(9)18-15(10)21-13/h8H,2-7,16H2,1H3,(H,17,19). The highest BCUT2D eigenvalue weighted by Crippen LogP contribution is 2.35. The van der Waals surface area contributed by atoms with Crippen LogP contribution in [0.3, 0.4) is 0 Å². The molecular weight excluding hydrogens is 302 g/mol. The molecule has 0 unspecified atom stereocenters. The quantitative estimate of drug-likeness (QED) is 0.831. The predicted octanol–water partition coefficient (Wildman–Crippen LogP) is 2.85. The number of aromatic nitrogens is 1. The van der Waals surface area contributed by atoms with Crippen LogP contribution in [0.5, 0.6) is 0 Å². The van der Waals surface area contributed by atoms with Crippen molar-refractivity contribution in [2.75, 3.05) is 24.3 Å². The van der Waals surface area contributed by atoms with E-state index >= 15 is 0 Å². The molecule has 2 aromatic rings. The van der Waals surface area contributed by atoms with E-state index in [0.29, 0.717) is 17.1 Å². The molecule has 0 bridgehead atoms. The van der Waals surface area contributed by atoms with Crippen LogP contribution in [-0.4, -0.2) is 29.4 Å². The summed E-state index contributed by atoms with van der Waals surface area (Å²) in [6.45, 7) is 0.692. The predicted molar refractivity (Wildman–Crippen MR) is 91.4 cm³/mol. The Morgan fingerprint density at radius 3 is 3.19 bits per heavy atom. The number of amides is 1. The van der Waals surface area contributed by atoms with E-state index in [0.717, 1.165) is 35.2 Å². The van der Waals surface area contributed by atoms with Gasteiger partial charge < -0.3 is 11.1 Å². The van der Waals surface area contributed by atoms with Gasteiger partial charge in [0.1, 0.15) is 9.71 Å². The van der Waals surface area contributed by atoms with E-state index in [4.69, 9.17) is 5.73 Å². The zero-order valence-corrected chi connectivity index (χ0v) is 13.7. The molecule has 0 saturated carbocycles. The van der Waals surface area contributed by atoms with Gasteiger partial charge >= 0.3 is 0 Å². The van der Waals surface area contributed by atoms with Gasteiger partial charge in [-0.1, -0.05) is 0 Å². The van der Waals surface area contributed by atoms with Gasteiger partial charge in [0.05, 0.1) is 5.69 Å². The summed E-state index contributed by atoms with van der Waals surface area (Å²) in [5.74, 6) is 0.980. The first kappa shape index (κ1) is 14.7. The molecule has 0 aromatic carbocycles. The molecule has 3 N–H and O–H groups in total. The van der Waals surface area contributed by atoms with Crippen LogP contribution < -0.4 is 11.1 Å². The lowest BCUT2D eigenvalue weighted by Crippen LogP contribution is -2.24. The number of nitrogens with zero attached hydrogens (tertiary/aromatic N) is 1. The third kappa shape index (κ3) is 2.87. The summed E-state index contributed by atoms with van der Waals surface area (Å²) in [4.78, 5) is 18.4.